The molecule has 1 aromatic carbocycles. The Hall–Kier alpha value is -2.08. The molecule has 0 aromatic heterocycles. The lowest BCUT2D eigenvalue weighted by atomic mass is 9.98. The fourth-order valence-corrected chi connectivity index (χ4v) is 2.73. The van der Waals surface area contributed by atoms with Crippen molar-refractivity contribution >= 4 is 11.9 Å². The lowest BCUT2D eigenvalue weighted by Gasteiger charge is -2.33. The minimum atomic E-state index is -0.444. The number of nitrogens with zero attached hydrogens (tertiary/aromatic N) is 1. The summed E-state index contributed by atoms with van der Waals surface area (Å²) in [6, 6.07) is 5.32. The molecule has 0 saturated carbocycles. The molecule has 0 aliphatic carbocycles. The number of amides is 3. The number of carbonyl (C=O) groups is 2. The monoisotopic (exact) mass is 319 g/mol. The Morgan fingerprint density at radius 1 is 1.30 bits per heavy atom. The van der Waals surface area contributed by atoms with Crippen molar-refractivity contribution < 1.29 is 14.3 Å². The van der Waals surface area contributed by atoms with Gasteiger partial charge in [0.15, 0.2) is 0 Å². The fourth-order valence-electron chi connectivity index (χ4n) is 2.73. The van der Waals surface area contributed by atoms with Gasteiger partial charge < -0.3 is 10.1 Å². The Balaban J connectivity index is 2.01. The number of ether oxygens (including phenoxy) is 1. The zero-order valence-electron chi connectivity index (χ0n) is 14.0. The lowest BCUT2D eigenvalue weighted by Crippen LogP contribution is -2.50. The van der Waals surface area contributed by atoms with Gasteiger partial charge in [0.1, 0.15) is 5.75 Å². The van der Waals surface area contributed by atoms with Crippen molar-refractivity contribution in [3.8, 4) is 5.75 Å². The van der Waals surface area contributed by atoms with Crippen LogP contribution in [0.15, 0.2) is 18.2 Å². The predicted molar refractivity (Wildman–Crippen MR) is 88.4 cm³/mol. The Labute approximate surface area is 137 Å². The van der Waals surface area contributed by atoms with Crippen molar-refractivity contribution in [2.24, 2.45) is 0 Å². The number of fused-ring (bicyclic) bond motifs is 1. The van der Waals surface area contributed by atoms with E-state index in [2.05, 4.69) is 21.6 Å². The van der Waals surface area contributed by atoms with Crippen LogP contribution in [0.25, 0.3) is 0 Å². The van der Waals surface area contributed by atoms with Gasteiger partial charge in [0.2, 0.25) is 5.91 Å². The fraction of sp³-hybridized carbons (Fsp3) is 0.529. The maximum absolute atomic E-state index is 12.2. The highest BCUT2D eigenvalue weighted by atomic mass is 16.5. The summed E-state index contributed by atoms with van der Waals surface area (Å²) in [4.78, 5) is 25.7. The van der Waals surface area contributed by atoms with Gasteiger partial charge in [-0.05, 0) is 50.5 Å². The van der Waals surface area contributed by atoms with Crippen molar-refractivity contribution in [2.45, 2.75) is 39.8 Å². The molecule has 0 bridgehead atoms. The van der Waals surface area contributed by atoms with Gasteiger partial charge in [-0.1, -0.05) is 6.07 Å². The SMILES string of the molecule is CCNC(=O)NC(=O)[C@@H](C)N1CCc2ccc(OCC)cc2C1. The molecule has 0 radical (unpaired) electrons. The van der Waals surface area contributed by atoms with E-state index in [1.165, 1.54) is 11.1 Å². The van der Waals surface area contributed by atoms with E-state index in [1.54, 1.807) is 0 Å². The smallest absolute Gasteiger partial charge is 0.321 e. The number of hydrogen-bond donors (Lipinski definition) is 2. The van der Waals surface area contributed by atoms with Crippen molar-refractivity contribution in [1.82, 2.24) is 15.5 Å². The Morgan fingerprint density at radius 2 is 2.09 bits per heavy atom. The minimum absolute atomic E-state index is 0.277. The summed E-state index contributed by atoms with van der Waals surface area (Å²) in [5.74, 6) is 0.577. The second kappa shape index (κ2) is 7.97. The van der Waals surface area contributed by atoms with Crippen LogP contribution < -0.4 is 15.4 Å². The highest BCUT2D eigenvalue weighted by Gasteiger charge is 2.26. The van der Waals surface area contributed by atoms with Crippen LogP contribution in [0.3, 0.4) is 0 Å². The topological polar surface area (TPSA) is 70.7 Å². The first-order chi connectivity index (χ1) is 11.0. The Kier molecular flexibility index (Phi) is 5.98. The van der Waals surface area contributed by atoms with Gasteiger partial charge in [0.05, 0.1) is 12.6 Å². The van der Waals surface area contributed by atoms with Gasteiger partial charge in [-0.3, -0.25) is 15.0 Å². The molecule has 0 saturated heterocycles. The first-order valence-electron chi connectivity index (χ1n) is 8.12. The normalized spacial score (nSPS) is 15.4. The van der Waals surface area contributed by atoms with E-state index in [0.717, 1.165) is 18.7 Å². The zero-order chi connectivity index (χ0) is 16.8. The molecule has 6 nitrogen and oxygen atoms in total. The summed E-state index contributed by atoms with van der Waals surface area (Å²) in [7, 11) is 0. The summed E-state index contributed by atoms with van der Waals surface area (Å²) in [6.45, 7) is 8.19. The second-order valence-corrected chi connectivity index (χ2v) is 5.61. The summed E-state index contributed by atoms with van der Waals surface area (Å²) in [6.07, 6.45) is 0.889. The van der Waals surface area contributed by atoms with E-state index >= 15 is 0 Å². The molecular formula is C17H25N3O3. The van der Waals surface area contributed by atoms with E-state index in [9.17, 15) is 9.59 Å². The summed E-state index contributed by atoms with van der Waals surface area (Å²) < 4.78 is 5.54. The lowest BCUT2D eigenvalue weighted by molar-refractivity contribution is -0.125. The Morgan fingerprint density at radius 3 is 2.78 bits per heavy atom. The van der Waals surface area contributed by atoms with Gasteiger partial charge in [-0.25, -0.2) is 4.79 Å². The molecule has 1 atom stereocenters. The van der Waals surface area contributed by atoms with Crippen LogP contribution in [0.4, 0.5) is 4.79 Å². The quantitative estimate of drug-likeness (QED) is 0.866. The maximum Gasteiger partial charge on any atom is 0.321 e. The third-order valence-electron chi connectivity index (χ3n) is 4.03. The number of rotatable bonds is 5. The van der Waals surface area contributed by atoms with Gasteiger partial charge in [0.25, 0.3) is 0 Å². The number of benzene rings is 1. The highest BCUT2D eigenvalue weighted by molar-refractivity contribution is 5.96. The van der Waals surface area contributed by atoms with Crippen molar-refractivity contribution in [2.75, 3.05) is 19.7 Å². The average molecular weight is 319 g/mol. The second-order valence-electron chi connectivity index (χ2n) is 5.61. The first kappa shape index (κ1) is 17.3. The minimum Gasteiger partial charge on any atom is -0.494 e. The van der Waals surface area contributed by atoms with Gasteiger partial charge >= 0.3 is 6.03 Å². The van der Waals surface area contributed by atoms with Crippen LogP contribution in [0, 0.1) is 0 Å². The number of carbonyl (C=O) groups excluding carboxylic acids is 2. The third-order valence-corrected chi connectivity index (χ3v) is 4.03. The molecule has 0 spiro atoms. The van der Waals surface area contributed by atoms with E-state index < -0.39 is 6.03 Å². The maximum atomic E-state index is 12.2. The van der Waals surface area contributed by atoms with Crippen LogP contribution in [-0.4, -0.2) is 42.6 Å². The molecule has 1 aliphatic rings. The summed E-state index contributed by atoms with van der Waals surface area (Å²) in [5, 5.41) is 4.94. The van der Waals surface area contributed by atoms with Crippen LogP contribution in [0.2, 0.25) is 0 Å². The summed E-state index contributed by atoms with van der Waals surface area (Å²) in [5.41, 5.74) is 2.47. The highest BCUT2D eigenvalue weighted by Crippen LogP contribution is 2.25. The van der Waals surface area contributed by atoms with Crippen LogP contribution in [0.5, 0.6) is 5.75 Å². The number of urea groups is 1. The molecule has 23 heavy (non-hydrogen) atoms. The molecule has 0 fully saturated rings. The molecule has 2 N–H and O–H groups in total. The zero-order valence-corrected chi connectivity index (χ0v) is 14.0. The molecular weight excluding hydrogens is 294 g/mol. The summed E-state index contributed by atoms with van der Waals surface area (Å²) >= 11 is 0. The number of hydrogen-bond acceptors (Lipinski definition) is 4. The van der Waals surface area contributed by atoms with Gasteiger partial charge in [0, 0.05) is 19.6 Å². The number of imide groups is 1. The predicted octanol–water partition coefficient (Wildman–Crippen LogP) is 1.68. The van der Waals surface area contributed by atoms with E-state index in [1.807, 2.05) is 32.9 Å². The molecule has 0 unspecified atom stereocenters. The largest absolute Gasteiger partial charge is 0.494 e. The van der Waals surface area contributed by atoms with E-state index in [-0.39, 0.29) is 11.9 Å². The van der Waals surface area contributed by atoms with Crippen LogP contribution >= 0.6 is 0 Å². The van der Waals surface area contributed by atoms with Crippen LogP contribution in [0.1, 0.15) is 31.9 Å². The third kappa shape index (κ3) is 4.45. The molecule has 126 valence electrons. The van der Waals surface area contributed by atoms with Crippen LogP contribution in [-0.2, 0) is 17.8 Å². The molecule has 2 rings (SSSR count). The van der Waals surface area contributed by atoms with Crippen molar-refractivity contribution in [1.29, 1.82) is 0 Å². The molecule has 3 amide bonds. The van der Waals surface area contributed by atoms with Gasteiger partial charge in [-0.15, -0.1) is 0 Å². The Bertz CT molecular complexity index is 574. The molecule has 6 heteroatoms. The van der Waals surface area contributed by atoms with Gasteiger partial charge in [-0.2, -0.15) is 0 Å². The van der Waals surface area contributed by atoms with Crippen molar-refractivity contribution in [3.63, 3.8) is 0 Å². The van der Waals surface area contributed by atoms with E-state index in [0.29, 0.717) is 19.7 Å². The average Bonchev–Trinajstić information content (AvgIpc) is 2.54. The molecule has 1 heterocycles. The number of nitrogens with one attached hydrogen (secondary N) is 2. The molecule has 1 aliphatic heterocycles. The standard InChI is InChI=1S/C17H25N3O3/c1-4-18-17(22)19-16(21)12(3)20-9-8-13-6-7-15(23-5-2)10-14(13)11-20/h6-7,10,12H,4-5,8-9,11H2,1-3H3,(H2,18,19,21,22)/t12-/m1/s1. The van der Waals surface area contributed by atoms with E-state index in [4.69, 9.17) is 4.74 Å². The van der Waals surface area contributed by atoms with Crippen molar-refractivity contribution in [3.05, 3.63) is 29.3 Å². The molecule has 1 aromatic rings. The first-order valence-corrected chi connectivity index (χ1v) is 8.12.